The normalized spacial score (nSPS) is 11.0. The highest BCUT2D eigenvalue weighted by Crippen LogP contribution is 2.30. The number of nitrogens with zero attached hydrogens (tertiary/aromatic N) is 2. The third kappa shape index (κ3) is 5.34. The number of fused-ring (bicyclic) bond motifs is 1. The molecule has 1 aromatic heterocycles. The van der Waals surface area contributed by atoms with Crippen molar-refractivity contribution in [2.45, 2.75) is 6.61 Å². The highest BCUT2D eigenvalue weighted by molar-refractivity contribution is 5.94. The molecule has 0 aliphatic heterocycles. The highest BCUT2D eigenvalue weighted by atomic mass is 16.5. The summed E-state index contributed by atoms with van der Waals surface area (Å²) in [5, 5.41) is 13.5. The first-order valence-electron chi connectivity index (χ1n) is 12.0. The van der Waals surface area contributed by atoms with Crippen LogP contribution in [0.4, 0.5) is 0 Å². The van der Waals surface area contributed by atoms with Crippen molar-refractivity contribution < 1.29 is 19.0 Å². The maximum absolute atomic E-state index is 12.7. The number of aromatic amines is 1. The van der Waals surface area contributed by atoms with Gasteiger partial charge in [-0.3, -0.25) is 9.89 Å². The Morgan fingerprint density at radius 2 is 1.68 bits per heavy atom. The number of methoxy groups -OCH3 is 2. The summed E-state index contributed by atoms with van der Waals surface area (Å²) in [6.07, 6.45) is 1.52. The Kier molecular flexibility index (Phi) is 7.31. The van der Waals surface area contributed by atoms with Crippen LogP contribution in [0.15, 0.2) is 96.1 Å². The van der Waals surface area contributed by atoms with Crippen molar-refractivity contribution >= 4 is 22.9 Å². The van der Waals surface area contributed by atoms with Crippen LogP contribution in [0.25, 0.3) is 22.0 Å². The van der Waals surface area contributed by atoms with Crippen LogP contribution in [0.5, 0.6) is 17.2 Å². The van der Waals surface area contributed by atoms with Gasteiger partial charge in [-0.25, -0.2) is 5.43 Å². The molecule has 4 aromatic carbocycles. The second-order valence-corrected chi connectivity index (χ2v) is 8.40. The summed E-state index contributed by atoms with van der Waals surface area (Å²) in [6, 6.07) is 29.0. The summed E-state index contributed by atoms with van der Waals surface area (Å²) >= 11 is 0. The molecule has 0 saturated heterocycles. The van der Waals surface area contributed by atoms with E-state index in [1.165, 1.54) is 11.6 Å². The predicted octanol–water partition coefficient (Wildman–Crippen LogP) is 5.59. The molecule has 8 nitrogen and oxygen atoms in total. The topological polar surface area (TPSA) is 97.8 Å². The molecule has 0 radical (unpaired) electrons. The maximum atomic E-state index is 12.7. The van der Waals surface area contributed by atoms with Gasteiger partial charge in [-0.05, 0) is 58.3 Å². The number of hydrazone groups is 1. The first-order chi connectivity index (χ1) is 18.7. The van der Waals surface area contributed by atoms with E-state index in [4.69, 9.17) is 14.2 Å². The molecule has 0 aliphatic carbocycles. The third-order valence-corrected chi connectivity index (χ3v) is 6.04. The number of H-pyrrole nitrogens is 1. The summed E-state index contributed by atoms with van der Waals surface area (Å²) in [6.45, 7) is 0.404. The van der Waals surface area contributed by atoms with Crippen molar-refractivity contribution in [1.82, 2.24) is 15.6 Å². The van der Waals surface area contributed by atoms with Crippen molar-refractivity contribution in [3.63, 3.8) is 0 Å². The molecule has 5 rings (SSSR count). The number of ether oxygens (including phenoxy) is 3. The van der Waals surface area contributed by atoms with Gasteiger partial charge in [0.15, 0.2) is 11.5 Å². The van der Waals surface area contributed by atoms with Crippen LogP contribution in [0.1, 0.15) is 21.6 Å². The van der Waals surface area contributed by atoms with Crippen LogP contribution >= 0.6 is 0 Å². The largest absolute Gasteiger partial charge is 0.493 e. The van der Waals surface area contributed by atoms with Crippen molar-refractivity contribution in [1.29, 1.82) is 0 Å². The average Bonchev–Trinajstić information content (AvgIpc) is 3.46. The number of benzene rings is 4. The average molecular weight is 507 g/mol. The van der Waals surface area contributed by atoms with Crippen LogP contribution in [-0.4, -0.2) is 36.5 Å². The fourth-order valence-electron chi connectivity index (χ4n) is 4.11. The molecule has 38 heavy (non-hydrogen) atoms. The van der Waals surface area contributed by atoms with Gasteiger partial charge in [0, 0.05) is 5.56 Å². The number of carbonyl (C=O) groups excluding carboxylic acids is 1. The van der Waals surface area contributed by atoms with E-state index >= 15 is 0 Å². The van der Waals surface area contributed by atoms with Crippen LogP contribution in [-0.2, 0) is 6.61 Å². The summed E-state index contributed by atoms with van der Waals surface area (Å²) in [7, 11) is 3.13. The van der Waals surface area contributed by atoms with Crippen molar-refractivity contribution in [2.24, 2.45) is 5.10 Å². The minimum Gasteiger partial charge on any atom is -0.493 e. The van der Waals surface area contributed by atoms with Crippen LogP contribution in [0, 0.1) is 0 Å². The van der Waals surface area contributed by atoms with Gasteiger partial charge in [0.25, 0.3) is 5.91 Å². The minimum absolute atomic E-state index is 0.272. The monoisotopic (exact) mass is 506 g/mol. The number of hydrogen-bond acceptors (Lipinski definition) is 6. The summed E-state index contributed by atoms with van der Waals surface area (Å²) in [5.41, 5.74) is 5.98. The van der Waals surface area contributed by atoms with E-state index in [1.807, 2.05) is 42.5 Å². The Balaban J connectivity index is 1.27. The van der Waals surface area contributed by atoms with Gasteiger partial charge in [-0.15, -0.1) is 0 Å². The number of amides is 1. The maximum Gasteiger partial charge on any atom is 0.289 e. The first kappa shape index (κ1) is 24.6. The summed E-state index contributed by atoms with van der Waals surface area (Å²) in [5.74, 6) is 1.43. The molecular weight excluding hydrogens is 480 g/mol. The second-order valence-electron chi connectivity index (χ2n) is 8.40. The Morgan fingerprint density at radius 1 is 0.895 bits per heavy atom. The lowest BCUT2D eigenvalue weighted by atomic mass is 10.1. The van der Waals surface area contributed by atoms with Gasteiger partial charge in [-0.1, -0.05) is 54.6 Å². The zero-order chi connectivity index (χ0) is 26.3. The zero-order valence-electron chi connectivity index (χ0n) is 21.0. The molecule has 0 spiro atoms. The number of rotatable bonds is 9. The lowest BCUT2D eigenvalue weighted by Crippen LogP contribution is -2.18. The molecule has 0 saturated carbocycles. The van der Waals surface area contributed by atoms with Gasteiger partial charge in [-0.2, -0.15) is 10.2 Å². The number of nitrogens with one attached hydrogen (secondary N) is 2. The van der Waals surface area contributed by atoms with Crippen molar-refractivity contribution in [3.8, 4) is 28.5 Å². The summed E-state index contributed by atoms with van der Waals surface area (Å²) < 4.78 is 16.7. The number of para-hydroxylation sites is 1. The molecule has 1 amide bonds. The molecule has 0 bridgehead atoms. The molecule has 0 fully saturated rings. The second kappa shape index (κ2) is 11.3. The van der Waals surface area contributed by atoms with Gasteiger partial charge in [0.1, 0.15) is 18.1 Å². The lowest BCUT2D eigenvalue weighted by molar-refractivity contribution is 0.0950. The van der Waals surface area contributed by atoms with E-state index in [-0.39, 0.29) is 5.69 Å². The number of aromatic nitrogens is 2. The Hall–Kier alpha value is -5.11. The van der Waals surface area contributed by atoms with E-state index in [0.29, 0.717) is 29.5 Å². The highest BCUT2D eigenvalue weighted by Gasteiger charge is 2.14. The van der Waals surface area contributed by atoms with E-state index in [1.54, 1.807) is 38.5 Å². The van der Waals surface area contributed by atoms with Crippen molar-refractivity contribution in [2.75, 3.05) is 14.2 Å². The van der Waals surface area contributed by atoms with Crippen LogP contribution < -0.4 is 19.6 Å². The van der Waals surface area contributed by atoms with E-state index in [2.05, 4.69) is 45.0 Å². The fraction of sp³-hybridized carbons (Fsp3) is 0.100. The fourth-order valence-corrected chi connectivity index (χ4v) is 4.11. The molecule has 5 aromatic rings. The standard InChI is InChI=1S/C30H26N4O4/c1-36-28-15-14-20(16-29(28)37-2)18-31-34-30(35)26-17-25(32-33-26)24-12-5-6-13-27(24)38-19-22-10-7-9-21-8-3-4-11-23(21)22/h3-18H,19H2,1-2H3,(H,32,33)(H,34,35). The van der Waals surface area contributed by atoms with Gasteiger partial charge in [0.05, 0.1) is 26.1 Å². The van der Waals surface area contributed by atoms with E-state index in [9.17, 15) is 4.79 Å². The SMILES string of the molecule is COc1ccc(C=NNC(=O)c2cc(-c3ccccc3OCc3cccc4ccccc34)n[nH]2)cc1OC. The first-order valence-corrected chi connectivity index (χ1v) is 12.0. The molecule has 2 N–H and O–H groups in total. The number of hydrogen-bond donors (Lipinski definition) is 2. The molecule has 0 aliphatic rings. The van der Waals surface area contributed by atoms with Gasteiger partial charge in [0.2, 0.25) is 0 Å². The molecular formula is C30H26N4O4. The molecule has 1 heterocycles. The quantitative estimate of drug-likeness (QED) is 0.201. The smallest absolute Gasteiger partial charge is 0.289 e. The van der Waals surface area contributed by atoms with Gasteiger partial charge < -0.3 is 14.2 Å². The van der Waals surface area contributed by atoms with E-state index < -0.39 is 5.91 Å². The predicted molar refractivity (Wildman–Crippen MR) is 147 cm³/mol. The molecule has 190 valence electrons. The lowest BCUT2D eigenvalue weighted by Gasteiger charge is -2.12. The molecule has 0 unspecified atom stereocenters. The van der Waals surface area contributed by atoms with E-state index in [0.717, 1.165) is 22.1 Å². The Bertz CT molecular complexity index is 1600. The Morgan fingerprint density at radius 3 is 2.55 bits per heavy atom. The van der Waals surface area contributed by atoms with Crippen LogP contribution in [0.2, 0.25) is 0 Å². The minimum atomic E-state index is -0.422. The third-order valence-electron chi connectivity index (χ3n) is 6.04. The Labute approximate surface area is 219 Å². The number of carbonyl (C=O) groups is 1. The molecule has 0 atom stereocenters. The van der Waals surface area contributed by atoms with Gasteiger partial charge >= 0.3 is 0 Å². The van der Waals surface area contributed by atoms with Crippen molar-refractivity contribution in [3.05, 3.63) is 108 Å². The molecule has 8 heteroatoms. The van der Waals surface area contributed by atoms with Crippen LogP contribution in [0.3, 0.4) is 0 Å². The summed E-state index contributed by atoms with van der Waals surface area (Å²) in [4.78, 5) is 12.7. The zero-order valence-corrected chi connectivity index (χ0v) is 21.0.